The topological polar surface area (TPSA) is 40.5 Å². The van der Waals surface area contributed by atoms with E-state index >= 15 is 0 Å². The number of likely N-dealkylation sites (tertiary alicyclic amines) is 1. The summed E-state index contributed by atoms with van der Waals surface area (Å²) in [6, 6.07) is 4.94. The second-order valence-electron chi connectivity index (χ2n) is 5.21. The van der Waals surface area contributed by atoms with E-state index in [2.05, 4.69) is 15.9 Å². The van der Waals surface area contributed by atoms with Crippen molar-refractivity contribution < 1.29 is 14.3 Å². The molecule has 0 bridgehead atoms. The molecule has 3 nitrogen and oxygen atoms in total. The van der Waals surface area contributed by atoms with Crippen LogP contribution in [0.5, 0.6) is 0 Å². The average molecular weight is 330 g/mol. The van der Waals surface area contributed by atoms with Crippen LogP contribution in [0.25, 0.3) is 0 Å². The maximum absolute atomic E-state index is 13.5. The summed E-state index contributed by atoms with van der Waals surface area (Å²) in [5.41, 5.74) is -0.0444. The molecule has 1 atom stereocenters. The Morgan fingerprint density at radius 3 is 2.89 bits per heavy atom. The van der Waals surface area contributed by atoms with Crippen molar-refractivity contribution in [3.8, 4) is 0 Å². The smallest absolute Gasteiger partial charge is 0.323 e. The minimum absolute atomic E-state index is 0.313. The Balaban J connectivity index is 2.20. The van der Waals surface area contributed by atoms with Gasteiger partial charge in [-0.25, -0.2) is 4.39 Å². The molecule has 0 radical (unpaired) electrons. The lowest BCUT2D eigenvalue weighted by atomic mass is 9.88. The predicted molar refractivity (Wildman–Crippen MR) is 74.4 cm³/mol. The number of benzene rings is 1. The molecule has 1 aromatic carbocycles. The molecule has 1 aromatic rings. The summed E-state index contributed by atoms with van der Waals surface area (Å²) in [7, 11) is 0. The Bertz CT molecular complexity index is 494. The molecule has 1 fully saturated rings. The summed E-state index contributed by atoms with van der Waals surface area (Å²) in [6.45, 7) is 2.96. The largest absolute Gasteiger partial charge is 0.480 e. The monoisotopic (exact) mass is 329 g/mol. The van der Waals surface area contributed by atoms with E-state index in [0.717, 1.165) is 24.9 Å². The fraction of sp³-hybridized carbons (Fsp3) is 0.500. The predicted octanol–water partition coefficient (Wildman–Crippen LogP) is 3.42. The third-order valence-corrected chi connectivity index (χ3v) is 4.50. The quantitative estimate of drug-likeness (QED) is 0.923. The number of carboxylic acid groups (broad SMARTS) is 1. The molecule has 5 heteroatoms. The van der Waals surface area contributed by atoms with Crippen molar-refractivity contribution in [3.05, 3.63) is 34.1 Å². The number of nitrogens with zero attached hydrogens (tertiary/aromatic N) is 1. The summed E-state index contributed by atoms with van der Waals surface area (Å²) in [6.07, 6.45) is 2.55. The van der Waals surface area contributed by atoms with Gasteiger partial charge in [-0.15, -0.1) is 0 Å². The molecule has 2 rings (SSSR count). The molecule has 1 saturated heterocycles. The Kier molecular flexibility index (Phi) is 4.26. The first-order valence-corrected chi connectivity index (χ1v) is 7.15. The number of piperidine rings is 1. The molecule has 1 N–H and O–H groups in total. The second-order valence-corrected chi connectivity index (χ2v) is 6.06. The van der Waals surface area contributed by atoms with Gasteiger partial charge in [0.05, 0.1) is 4.47 Å². The number of hydrogen-bond donors (Lipinski definition) is 1. The minimum atomic E-state index is -0.845. The van der Waals surface area contributed by atoms with Crippen LogP contribution in [0.1, 0.15) is 31.7 Å². The van der Waals surface area contributed by atoms with Crippen LogP contribution in [-0.4, -0.2) is 28.1 Å². The third-order valence-electron chi connectivity index (χ3n) is 3.86. The Hall–Kier alpha value is -0.940. The highest BCUT2D eigenvalue weighted by atomic mass is 79.9. The lowest BCUT2D eigenvalue weighted by molar-refractivity contribution is -0.153. The van der Waals surface area contributed by atoms with Crippen molar-refractivity contribution in [1.29, 1.82) is 0 Å². The van der Waals surface area contributed by atoms with E-state index in [1.54, 1.807) is 13.0 Å². The maximum Gasteiger partial charge on any atom is 0.323 e. The van der Waals surface area contributed by atoms with Crippen LogP contribution >= 0.6 is 15.9 Å². The van der Waals surface area contributed by atoms with Gasteiger partial charge in [0.15, 0.2) is 0 Å². The van der Waals surface area contributed by atoms with Crippen molar-refractivity contribution in [2.75, 3.05) is 6.54 Å². The van der Waals surface area contributed by atoms with Gasteiger partial charge in [0, 0.05) is 6.54 Å². The normalized spacial score (nSPS) is 24.4. The number of rotatable bonds is 3. The molecule has 0 amide bonds. The zero-order valence-electron chi connectivity index (χ0n) is 10.8. The van der Waals surface area contributed by atoms with Crippen molar-refractivity contribution in [3.63, 3.8) is 0 Å². The summed E-state index contributed by atoms with van der Waals surface area (Å²) < 4.78 is 13.9. The van der Waals surface area contributed by atoms with E-state index in [-0.39, 0.29) is 5.82 Å². The molecular weight excluding hydrogens is 313 g/mol. The van der Waals surface area contributed by atoms with E-state index in [1.807, 2.05) is 11.0 Å². The van der Waals surface area contributed by atoms with E-state index in [9.17, 15) is 14.3 Å². The molecule has 1 aliphatic rings. The number of hydrogen-bond acceptors (Lipinski definition) is 2. The zero-order valence-corrected chi connectivity index (χ0v) is 12.4. The van der Waals surface area contributed by atoms with Gasteiger partial charge in [0.2, 0.25) is 0 Å². The molecule has 1 unspecified atom stereocenters. The highest BCUT2D eigenvalue weighted by molar-refractivity contribution is 9.10. The van der Waals surface area contributed by atoms with Crippen LogP contribution in [0.15, 0.2) is 22.7 Å². The molecule has 1 aliphatic heterocycles. The first kappa shape index (κ1) is 14.5. The Morgan fingerprint density at radius 2 is 2.26 bits per heavy atom. The molecule has 0 aliphatic carbocycles. The second kappa shape index (κ2) is 5.59. The van der Waals surface area contributed by atoms with E-state index in [4.69, 9.17) is 0 Å². The van der Waals surface area contributed by atoms with Gasteiger partial charge in [-0.3, -0.25) is 9.69 Å². The van der Waals surface area contributed by atoms with Crippen molar-refractivity contribution in [2.24, 2.45) is 0 Å². The van der Waals surface area contributed by atoms with Gasteiger partial charge in [0.1, 0.15) is 11.4 Å². The number of halogens is 2. The number of aliphatic carboxylic acids is 1. The van der Waals surface area contributed by atoms with Gasteiger partial charge in [-0.1, -0.05) is 6.07 Å². The molecular formula is C14H17BrFNO2. The van der Waals surface area contributed by atoms with E-state index < -0.39 is 11.5 Å². The summed E-state index contributed by atoms with van der Waals surface area (Å²) in [4.78, 5) is 13.4. The van der Waals surface area contributed by atoms with Crippen molar-refractivity contribution >= 4 is 21.9 Å². The molecule has 104 valence electrons. The molecule has 0 saturated carbocycles. The highest BCUT2D eigenvalue weighted by Crippen LogP contribution is 2.30. The standard InChI is InChI=1S/C14H17BrFNO2/c1-14(13(18)19)6-2-3-7-17(14)9-10-4-5-11(15)12(16)8-10/h4-5,8H,2-3,6-7,9H2,1H3,(H,18,19). The van der Waals surface area contributed by atoms with E-state index in [1.165, 1.54) is 6.07 Å². The maximum atomic E-state index is 13.5. The van der Waals surface area contributed by atoms with Crippen LogP contribution in [0.2, 0.25) is 0 Å². The van der Waals surface area contributed by atoms with Gasteiger partial charge >= 0.3 is 5.97 Å². The lowest BCUT2D eigenvalue weighted by Crippen LogP contribution is -2.54. The summed E-state index contributed by atoms with van der Waals surface area (Å²) in [5, 5.41) is 9.42. The molecule has 19 heavy (non-hydrogen) atoms. The van der Waals surface area contributed by atoms with Crippen LogP contribution in [0.3, 0.4) is 0 Å². The average Bonchev–Trinajstić information content (AvgIpc) is 2.36. The molecule has 0 aromatic heterocycles. The Morgan fingerprint density at radius 1 is 1.53 bits per heavy atom. The summed E-state index contributed by atoms with van der Waals surface area (Å²) >= 11 is 3.12. The SMILES string of the molecule is CC1(C(=O)O)CCCCN1Cc1ccc(Br)c(F)c1. The summed E-state index contributed by atoms with van der Waals surface area (Å²) in [5.74, 6) is -1.11. The van der Waals surface area contributed by atoms with Crippen molar-refractivity contribution in [1.82, 2.24) is 4.90 Å². The van der Waals surface area contributed by atoms with Crippen LogP contribution in [-0.2, 0) is 11.3 Å². The highest BCUT2D eigenvalue weighted by Gasteiger charge is 2.41. The first-order chi connectivity index (χ1) is 8.93. The Labute approximate surface area is 120 Å². The van der Waals surface area contributed by atoms with Gasteiger partial charge in [0.25, 0.3) is 0 Å². The number of carboxylic acids is 1. The van der Waals surface area contributed by atoms with Gasteiger partial charge in [-0.2, -0.15) is 0 Å². The molecule has 1 heterocycles. The van der Waals surface area contributed by atoms with Crippen LogP contribution in [0, 0.1) is 5.82 Å². The number of carbonyl (C=O) groups is 1. The minimum Gasteiger partial charge on any atom is -0.480 e. The van der Waals surface area contributed by atoms with Crippen LogP contribution in [0.4, 0.5) is 4.39 Å². The fourth-order valence-electron chi connectivity index (χ4n) is 2.53. The van der Waals surface area contributed by atoms with Crippen molar-refractivity contribution in [2.45, 2.75) is 38.3 Å². The van der Waals surface area contributed by atoms with Gasteiger partial charge in [-0.05, 0) is 66.4 Å². The molecule has 0 spiro atoms. The fourth-order valence-corrected chi connectivity index (χ4v) is 2.78. The van der Waals surface area contributed by atoms with Crippen LogP contribution < -0.4 is 0 Å². The lowest BCUT2D eigenvalue weighted by Gasteiger charge is -2.41. The zero-order chi connectivity index (χ0) is 14.0. The third kappa shape index (κ3) is 2.98. The first-order valence-electron chi connectivity index (χ1n) is 6.36. The van der Waals surface area contributed by atoms with E-state index in [0.29, 0.717) is 17.4 Å². The van der Waals surface area contributed by atoms with Gasteiger partial charge < -0.3 is 5.11 Å².